The van der Waals surface area contributed by atoms with Gasteiger partial charge in [0.05, 0.1) is 5.92 Å². The molecule has 2 heterocycles. The van der Waals surface area contributed by atoms with Crippen LogP contribution in [0.4, 0.5) is 0 Å². The lowest BCUT2D eigenvalue weighted by Gasteiger charge is -2.32. The Balaban J connectivity index is 1.52. The van der Waals surface area contributed by atoms with Gasteiger partial charge >= 0.3 is 5.97 Å². The van der Waals surface area contributed by atoms with Crippen LogP contribution in [0.1, 0.15) is 35.4 Å². The molecule has 120 valence electrons. The summed E-state index contributed by atoms with van der Waals surface area (Å²) in [6.45, 7) is 3.13. The topological polar surface area (TPSA) is 70.8 Å². The van der Waals surface area contributed by atoms with Gasteiger partial charge in [0.25, 0.3) is 5.91 Å². The summed E-state index contributed by atoms with van der Waals surface area (Å²) >= 11 is 0. The maximum absolute atomic E-state index is 12.8. The third kappa shape index (κ3) is 2.14. The molecule has 4 rings (SSSR count). The Labute approximate surface area is 133 Å². The first-order chi connectivity index (χ1) is 11.0. The summed E-state index contributed by atoms with van der Waals surface area (Å²) < 4.78 is 5.76. The van der Waals surface area contributed by atoms with Gasteiger partial charge in [0.2, 0.25) is 0 Å². The summed E-state index contributed by atoms with van der Waals surface area (Å²) in [5.41, 5.74) is 1.54. The number of hydrogen-bond donors (Lipinski definition) is 1. The maximum atomic E-state index is 12.8. The summed E-state index contributed by atoms with van der Waals surface area (Å²) in [7, 11) is 0. The van der Waals surface area contributed by atoms with E-state index in [4.69, 9.17) is 9.52 Å². The number of nitrogens with zero attached hydrogens (tertiary/aromatic N) is 1. The first-order valence-corrected chi connectivity index (χ1v) is 8.02. The van der Waals surface area contributed by atoms with Crippen LogP contribution in [0.2, 0.25) is 0 Å². The molecule has 1 unspecified atom stereocenters. The van der Waals surface area contributed by atoms with Gasteiger partial charge in [0.15, 0.2) is 5.76 Å². The molecule has 1 N–H and O–H groups in total. The number of aliphatic carboxylic acids is 1. The molecular formula is C18H19NO4. The van der Waals surface area contributed by atoms with Crippen molar-refractivity contribution < 1.29 is 19.1 Å². The first kappa shape index (κ1) is 14.3. The third-order valence-corrected chi connectivity index (χ3v) is 5.57. The second kappa shape index (κ2) is 4.85. The number of aryl methyl sites for hydroxylation is 1. The average molecular weight is 313 g/mol. The fourth-order valence-corrected chi connectivity index (χ4v) is 3.93. The molecule has 1 atom stereocenters. The summed E-state index contributed by atoms with van der Waals surface area (Å²) in [6.07, 6.45) is 2.30. The molecule has 1 spiro atoms. The van der Waals surface area contributed by atoms with Crippen LogP contribution < -0.4 is 0 Å². The minimum absolute atomic E-state index is 0.0640. The number of rotatable bonds is 2. The van der Waals surface area contributed by atoms with Gasteiger partial charge in [-0.25, -0.2) is 0 Å². The maximum Gasteiger partial charge on any atom is 0.307 e. The predicted octanol–water partition coefficient (Wildman–Crippen LogP) is 3.07. The van der Waals surface area contributed by atoms with E-state index in [0.717, 1.165) is 35.8 Å². The number of carboxylic acid groups (broad SMARTS) is 1. The summed E-state index contributed by atoms with van der Waals surface area (Å²) in [4.78, 5) is 25.7. The zero-order chi connectivity index (χ0) is 16.2. The number of para-hydroxylation sites is 1. The van der Waals surface area contributed by atoms with Gasteiger partial charge in [-0.05, 0) is 37.7 Å². The molecule has 23 heavy (non-hydrogen) atoms. The number of benzene rings is 1. The van der Waals surface area contributed by atoms with Crippen LogP contribution in [0.15, 0.2) is 28.7 Å². The van der Waals surface area contributed by atoms with Crippen LogP contribution in [0.5, 0.6) is 0 Å². The molecule has 2 aliphatic rings. The van der Waals surface area contributed by atoms with Crippen molar-refractivity contribution in [2.24, 2.45) is 11.3 Å². The summed E-state index contributed by atoms with van der Waals surface area (Å²) in [6, 6.07) is 7.65. The van der Waals surface area contributed by atoms with Crippen molar-refractivity contribution in [3.63, 3.8) is 0 Å². The fraction of sp³-hybridized carbons (Fsp3) is 0.444. The molecule has 1 aromatic carbocycles. The molecule has 1 saturated heterocycles. The Kier molecular flexibility index (Phi) is 3.01. The van der Waals surface area contributed by atoms with E-state index in [1.807, 2.05) is 31.2 Å². The highest BCUT2D eigenvalue weighted by Gasteiger charge is 2.59. The monoisotopic (exact) mass is 313 g/mol. The number of carbonyl (C=O) groups is 2. The van der Waals surface area contributed by atoms with Gasteiger partial charge < -0.3 is 14.4 Å². The Morgan fingerprint density at radius 2 is 1.96 bits per heavy atom. The Hall–Kier alpha value is -2.30. The van der Waals surface area contributed by atoms with Crippen molar-refractivity contribution in [1.82, 2.24) is 4.90 Å². The first-order valence-electron chi connectivity index (χ1n) is 8.02. The molecule has 1 aliphatic heterocycles. The fourth-order valence-electron chi connectivity index (χ4n) is 3.93. The number of fused-ring (bicyclic) bond motifs is 1. The Bertz CT molecular complexity index is 798. The van der Waals surface area contributed by atoms with Crippen molar-refractivity contribution >= 4 is 22.8 Å². The summed E-state index contributed by atoms with van der Waals surface area (Å²) in [5, 5.41) is 10.1. The summed E-state index contributed by atoms with van der Waals surface area (Å²) in [5.74, 6) is -0.584. The number of likely N-dealkylation sites (tertiary alicyclic amines) is 1. The van der Waals surface area contributed by atoms with Crippen LogP contribution in [0.25, 0.3) is 11.0 Å². The van der Waals surface area contributed by atoms with E-state index in [9.17, 15) is 9.59 Å². The molecule has 5 heteroatoms. The molecule has 5 nitrogen and oxygen atoms in total. The number of carboxylic acids is 1. The van der Waals surface area contributed by atoms with E-state index in [0.29, 0.717) is 18.8 Å². The van der Waals surface area contributed by atoms with Gasteiger partial charge in [-0.1, -0.05) is 18.2 Å². The lowest BCUT2D eigenvalue weighted by molar-refractivity contribution is -0.139. The Morgan fingerprint density at radius 3 is 2.57 bits per heavy atom. The van der Waals surface area contributed by atoms with Crippen LogP contribution in [0, 0.1) is 18.3 Å². The Morgan fingerprint density at radius 1 is 1.26 bits per heavy atom. The molecule has 2 aromatic rings. The van der Waals surface area contributed by atoms with Gasteiger partial charge in [-0.2, -0.15) is 0 Å². The zero-order valence-electron chi connectivity index (χ0n) is 13.0. The van der Waals surface area contributed by atoms with E-state index in [-0.39, 0.29) is 17.2 Å². The lowest BCUT2D eigenvalue weighted by atomic mass is 9.90. The smallest absolute Gasteiger partial charge is 0.307 e. The minimum Gasteiger partial charge on any atom is -0.481 e. The van der Waals surface area contributed by atoms with Crippen molar-refractivity contribution in [3.8, 4) is 0 Å². The molecule has 1 saturated carbocycles. The largest absolute Gasteiger partial charge is 0.481 e. The number of furan rings is 1. The zero-order valence-corrected chi connectivity index (χ0v) is 13.0. The van der Waals surface area contributed by atoms with Crippen LogP contribution in [-0.2, 0) is 4.79 Å². The third-order valence-electron chi connectivity index (χ3n) is 5.57. The van der Waals surface area contributed by atoms with E-state index in [1.54, 1.807) is 4.90 Å². The number of piperidine rings is 1. The lowest BCUT2D eigenvalue weighted by Crippen LogP contribution is -2.40. The van der Waals surface area contributed by atoms with Gasteiger partial charge in [0.1, 0.15) is 5.58 Å². The van der Waals surface area contributed by atoms with Crippen molar-refractivity contribution in [2.75, 3.05) is 13.1 Å². The van der Waals surface area contributed by atoms with E-state index >= 15 is 0 Å². The second-order valence-electron chi connectivity index (χ2n) is 6.80. The van der Waals surface area contributed by atoms with Crippen molar-refractivity contribution in [2.45, 2.75) is 26.2 Å². The normalized spacial score (nSPS) is 22.5. The van der Waals surface area contributed by atoms with Crippen molar-refractivity contribution in [3.05, 3.63) is 35.6 Å². The predicted molar refractivity (Wildman–Crippen MR) is 84.3 cm³/mol. The second-order valence-corrected chi connectivity index (χ2v) is 6.80. The average Bonchev–Trinajstić information content (AvgIpc) is 3.16. The molecule has 2 fully saturated rings. The standard InChI is InChI=1S/C18H19NO4/c1-11-12-4-2-3-5-14(12)23-15(11)16(20)19-8-6-18(7-9-19)10-13(18)17(21)22/h2-5,13H,6-10H2,1H3,(H,21,22). The molecule has 1 aromatic heterocycles. The number of carbonyl (C=O) groups excluding carboxylic acids is 1. The van der Waals surface area contributed by atoms with Gasteiger partial charge in [-0.3, -0.25) is 9.59 Å². The molecule has 0 radical (unpaired) electrons. The van der Waals surface area contributed by atoms with Crippen molar-refractivity contribution in [1.29, 1.82) is 0 Å². The minimum atomic E-state index is -0.696. The quantitative estimate of drug-likeness (QED) is 0.925. The highest BCUT2D eigenvalue weighted by atomic mass is 16.4. The molecule has 0 bridgehead atoms. The molecule has 1 aliphatic carbocycles. The van der Waals surface area contributed by atoms with Crippen LogP contribution >= 0.6 is 0 Å². The van der Waals surface area contributed by atoms with Gasteiger partial charge in [0, 0.05) is 24.0 Å². The number of amides is 1. The highest BCUT2D eigenvalue weighted by Crippen LogP contribution is 2.59. The van der Waals surface area contributed by atoms with Crippen LogP contribution in [-0.4, -0.2) is 35.0 Å². The molecule has 1 amide bonds. The highest BCUT2D eigenvalue weighted by molar-refractivity contribution is 5.99. The van der Waals surface area contributed by atoms with E-state index < -0.39 is 5.97 Å². The number of hydrogen-bond acceptors (Lipinski definition) is 3. The van der Waals surface area contributed by atoms with Crippen LogP contribution in [0.3, 0.4) is 0 Å². The molecular weight excluding hydrogens is 294 g/mol. The van der Waals surface area contributed by atoms with E-state index in [1.165, 1.54) is 0 Å². The van der Waals surface area contributed by atoms with E-state index in [2.05, 4.69) is 0 Å². The SMILES string of the molecule is Cc1c(C(=O)N2CCC3(CC2)CC3C(=O)O)oc2ccccc12. The van der Waals surface area contributed by atoms with Gasteiger partial charge in [-0.15, -0.1) is 0 Å².